The molecule has 0 unspecified atom stereocenters. The molecule has 27 heavy (non-hydrogen) atoms. The lowest BCUT2D eigenvalue weighted by Crippen LogP contribution is -2.08. The Kier molecular flexibility index (Phi) is 5.76. The van der Waals surface area contributed by atoms with Crippen molar-refractivity contribution in [2.75, 3.05) is 36.7 Å². The molecule has 2 N–H and O–H groups in total. The van der Waals surface area contributed by atoms with E-state index in [2.05, 4.69) is 37.6 Å². The Morgan fingerprint density at radius 3 is 2.22 bits per heavy atom. The maximum Gasteiger partial charge on any atom is 0.136 e. The van der Waals surface area contributed by atoms with Gasteiger partial charge >= 0.3 is 0 Å². The van der Waals surface area contributed by atoms with Gasteiger partial charge in [-0.2, -0.15) is 0 Å². The van der Waals surface area contributed by atoms with E-state index in [4.69, 9.17) is 4.74 Å². The minimum absolute atomic E-state index is 0.678. The predicted molar refractivity (Wildman–Crippen MR) is 111 cm³/mol. The van der Waals surface area contributed by atoms with Crippen molar-refractivity contribution in [1.82, 2.24) is 9.97 Å². The summed E-state index contributed by atoms with van der Waals surface area (Å²) in [4.78, 5) is 11.0. The summed E-state index contributed by atoms with van der Waals surface area (Å²) < 4.78 is 5.19. The highest BCUT2D eigenvalue weighted by Gasteiger charge is 2.04. The van der Waals surface area contributed by atoms with Gasteiger partial charge in [0.15, 0.2) is 0 Å². The van der Waals surface area contributed by atoms with Gasteiger partial charge in [0.1, 0.15) is 23.2 Å². The number of ether oxygens (including phenoxy) is 1. The number of nitrogens with zero attached hydrogens (tertiary/aromatic N) is 3. The molecule has 2 aromatic carbocycles. The summed E-state index contributed by atoms with van der Waals surface area (Å²) in [6, 6.07) is 18.1. The van der Waals surface area contributed by atoms with E-state index in [1.165, 1.54) is 0 Å². The quantitative estimate of drug-likeness (QED) is 0.655. The fraction of sp³-hybridized carbons (Fsp3) is 0.238. The highest BCUT2D eigenvalue weighted by atomic mass is 16.5. The first kappa shape index (κ1) is 18.5. The molecule has 140 valence electrons. The lowest BCUT2D eigenvalue weighted by molar-refractivity contribution is 0.414. The van der Waals surface area contributed by atoms with Gasteiger partial charge in [0.05, 0.1) is 7.11 Å². The molecule has 6 heteroatoms. The van der Waals surface area contributed by atoms with Crippen LogP contribution in [0.2, 0.25) is 0 Å². The van der Waals surface area contributed by atoms with E-state index in [0.717, 1.165) is 34.3 Å². The van der Waals surface area contributed by atoms with Crippen LogP contribution in [-0.2, 0) is 6.54 Å². The van der Waals surface area contributed by atoms with Gasteiger partial charge in [-0.25, -0.2) is 9.97 Å². The van der Waals surface area contributed by atoms with Crippen LogP contribution in [0.15, 0.2) is 54.6 Å². The Bertz CT molecular complexity index is 876. The smallest absolute Gasteiger partial charge is 0.136 e. The fourth-order valence-electron chi connectivity index (χ4n) is 2.65. The van der Waals surface area contributed by atoms with E-state index in [-0.39, 0.29) is 0 Å². The second-order valence-corrected chi connectivity index (χ2v) is 6.45. The number of anilines is 4. The molecule has 0 amide bonds. The summed E-state index contributed by atoms with van der Waals surface area (Å²) in [6.45, 7) is 2.57. The van der Waals surface area contributed by atoms with E-state index in [9.17, 15) is 0 Å². The van der Waals surface area contributed by atoms with Crippen LogP contribution in [0.4, 0.5) is 23.0 Å². The fourth-order valence-corrected chi connectivity index (χ4v) is 2.65. The lowest BCUT2D eigenvalue weighted by Gasteiger charge is -2.14. The molecule has 0 aliphatic carbocycles. The minimum atomic E-state index is 0.678. The number of benzene rings is 2. The zero-order chi connectivity index (χ0) is 19.2. The number of rotatable bonds is 7. The first-order chi connectivity index (χ1) is 13.0. The van der Waals surface area contributed by atoms with E-state index in [1.54, 1.807) is 7.11 Å². The molecular weight excluding hydrogens is 338 g/mol. The van der Waals surface area contributed by atoms with Crippen LogP contribution in [0.3, 0.4) is 0 Å². The van der Waals surface area contributed by atoms with E-state index >= 15 is 0 Å². The van der Waals surface area contributed by atoms with Gasteiger partial charge in [0.2, 0.25) is 0 Å². The second kappa shape index (κ2) is 8.40. The molecule has 0 atom stereocenters. The molecule has 0 aliphatic rings. The zero-order valence-corrected chi connectivity index (χ0v) is 16.2. The molecule has 0 bridgehead atoms. The number of methoxy groups -OCH3 is 1. The van der Waals surface area contributed by atoms with Crippen LogP contribution in [0.1, 0.15) is 11.4 Å². The van der Waals surface area contributed by atoms with E-state index in [1.807, 2.05) is 63.5 Å². The van der Waals surface area contributed by atoms with Crippen LogP contribution in [0.25, 0.3) is 0 Å². The van der Waals surface area contributed by atoms with Crippen molar-refractivity contribution in [2.24, 2.45) is 0 Å². The molecule has 1 aromatic heterocycles. The van der Waals surface area contributed by atoms with Gasteiger partial charge in [-0.1, -0.05) is 12.1 Å². The number of aromatic nitrogens is 2. The summed E-state index contributed by atoms with van der Waals surface area (Å²) in [7, 11) is 5.72. The Morgan fingerprint density at radius 2 is 1.59 bits per heavy atom. The van der Waals surface area contributed by atoms with Crippen molar-refractivity contribution in [3.05, 3.63) is 66.0 Å². The normalized spacial score (nSPS) is 10.4. The summed E-state index contributed by atoms with van der Waals surface area (Å²) in [6.07, 6.45) is 0. The first-order valence-corrected chi connectivity index (χ1v) is 8.80. The summed E-state index contributed by atoms with van der Waals surface area (Å²) in [5.74, 6) is 3.11. The van der Waals surface area contributed by atoms with E-state index in [0.29, 0.717) is 12.4 Å². The van der Waals surface area contributed by atoms with Crippen LogP contribution in [-0.4, -0.2) is 31.2 Å². The molecule has 0 fully saturated rings. The molecule has 0 aliphatic heterocycles. The Balaban J connectivity index is 1.67. The topological polar surface area (TPSA) is 62.3 Å². The number of nitrogens with one attached hydrogen (secondary N) is 2. The lowest BCUT2D eigenvalue weighted by atomic mass is 10.2. The van der Waals surface area contributed by atoms with Gasteiger partial charge in [0.25, 0.3) is 0 Å². The summed E-state index contributed by atoms with van der Waals surface area (Å²) in [5.41, 5.74) is 3.29. The van der Waals surface area contributed by atoms with Crippen molar-refractivity contribution in [3.63, 3.8) is 0 Å². The van der Waals surface area contributed by atoms with E-state index < -0.39 is 0 Å². The highest BCUT2D eigenvalue weighted by molar-refractivity contribution is 5.62. The maximum atomic E-state index is 5.19. The van der Waals surface area contributed by atoms with Crippen molar-refractivity contribution >= 4 is 23.0 Å². The number of hydrogen-bond donors (Lipinski definition) is 2. The third-order valence-corrected chi connectivity index (χ3v) is 4.13. The molecular formula is C21H25N5O. The van der Waals surface area contributed by atoms with Crippen LogP contribution in [0.5, 0.6) is 5.75 Å². The van der Waals surface area contributed by atoms with Crippen molar-refractivity contribution in [3.8, 4) is 5.75 Å². The van der Waals surface area contributed by atoms with Crippen LogP contribution < -0.4 is 20.3 Å². The third kappa shape index (κ3) is 5.10. The Labute approximate surface area is 160 Å². The maximum absolute atomic E-state index is 5.19. The van der Waals surface area contributed by atoms with Gasteiger partial charge < -0.3 is 20.3 Å². The van der Waals surface area contributed by atoms with Crippen LogP contribution >= 0.6 is 0 Å². The molecule has 0 radical (unpaired) electrons. The molecule has 3 rings (SSSR count). The number of hydrogen-bond acceptors (Lipinski definition) is 6. The minimum Gasteiger partial charge on any atom is -0.497 e. The van der Waals surface area contributed by atoms with Gasteiger partial charge in [0, 0.05) is 38.1 Å². The van der Waals surface area contributed by atoms with Crippen LogP contribution in [0, 0.1) is 6.92 Å². The second-order valence-electron chi connectivity index (χ2n) is 6.45. The van der Waals surface area contributed by atoms with Gasteiger partial charge in [-0.05, 0) is 48.9 Å². The molecule has 6 nitrogen and oxygen atoms in total. The largest absolute Gasteiger partial charge is 0.497 e. The predicted octanol–water partition coefficient (Wildman–Crippen LogP) is 4.22. The summed E-state index contributed by atoms with van der Waals surface area (Å²) in [5, 5.41) is 6.69. The Hall–Kier alpha value is -3.28. The molecule has 0 spiro atoms. The summed E-state index contributed by atoms with van der Waals surface area (Å²) >= 11 is 0. The first-order valence-electron chi connectivity index (χ1n) is 8.80. The van der Waals surface area contributed by atoms with Crippen molar-refractivity contribution in [2.45, 2.75) is 13.5 Å². The standard InChI is InChI=1S/C21H25N5O/c1-15-23-20(22-14-16-5-11-19(27-4)12-6-16)13-21(24-15)25-17-7-9-18(10-8-17)26(2)3/h5-13H,14H2,1-4H3,(H2,22,23,24,25). The zero-order valence-electron chi connectivity index (χ0n) is 16.2. The Morgan fingerprint density at radius 1 is 0.926 bits per heavy atom. The van der Waals surface area contributed by atoms with Gasteiger partial charge in [-0.15, -0.1) is 0 Å². The molecule has 1 heterocycles. The third-order valence-electron chi connectivity index (χ3n) is 4.13. The SMILES string of the molecule is COc1ccc(CNc2cc(Nc3ccc(N(C)C)cc3)nc(C)n2)cc1. The molecule has 0 saturated heterocycles. The monoisotopic (exact) mass is 363 g/mol. The van der Waals surface area contributed by atoms with Crippen molar-refractivity contribution in [1.29, 1.82) is 0 Å². The average molecular weight is 363 g/mol. The van der Waals surface area contributed by atoms with Gasteiger partial charge in [-0.3, -0.25) is 0 Å². The highest BCUT2D eigenvalue weighted by Crippen LogP contribution is 2.21. The average Bonchev–Trinajstić information content (AvgIpc) is 2.67. The molecule has 0 saturated carbocycles. The number of aryl methyl sites for hydroxylation is 1. The molecule has 3 aromatic rings. The van der Waals surface area contributed by atoms with Crippen molar-refractivity contribution < 1.29 is 4.74 Å².